The van der Waals surface area contributed by atoms with Gasteiger partial charge in [0.05, 0.1) is 16.3 Å². The summed E-state index contributed by atoms with van der Waals surface area (Å²) in [5.41, 5.74) is 8.60. The fourth-order valence-corrected chi connectivity index (χ4v) is 4.44. The average molecular weight is 390 g/mol. The monoisotopic (exact) mass is 389 g/mol. The van der Waals surface area contributed by atoms with E-state index in [4.69, 9.17) is 15.9 Å². The van der Waals surface area contributed by atoms with E-state index in [2.05, 4.69) is 16.5 Å². The lowest BCUT2D eigenvalue weighted by molar-refractivity contribution is 0.541. The van der Waals surface area contributed by atoms with E-state index in [1.807, 2.05) is 31.2 Å². The standard InChI is InChI=1S/C19H27N5O2S/c1-3-5-10-16-23-17-18(14-8-6-7-9-15(14)22-19(17)20)24(16)12-11-13(4-2)27(21,25)26/h6-9,13H,3-5,10-12H2,1-2H3,(H2,20,22)(H2,21,25,26). The number of aryl methyl sites for hydroxylation is 2. The van der Waals surface area contributed by atoms with Gasteiger partial charge in [-0.25, -0.2) is 23.5 Å². The lowest BCUT2D eigenvalue weighted by Crippen LogP contribution is -2.29. The molecule has 8 heteroatoms. The first kappa shape index (κ1) is 19.6. The van der Waals surface area contributed by atoms with Crippen molar-refractivity contribution in [2.75, 3.05) is 5.73 Å². The molecule has 0 aliphatic rings. The Hall–Kier alpha value is -2.19. The molecule has 1 aromatic carbocycles. The van der Waals surface area contributed by atoms with Gasteiger partial charge in [0.1, 0.15) is 11.3 Å². The van der Waals surface area contributed by atoms with E-state index in [0.29, 0.717) is 30.7 Å². The highest BCUT2D eigenvalue weighted by Crippen LogP contribution is 2.30. The van der Waals surface area contributed by atoms with Gasteiger partial charge in [-0.3, -0.25) is 0 Å². The molecule has 0 amide bonds. The van der Waals surface area contributed by atoms with Crippen molar-refractivity contribution < 1.29 is 8.42 Å². The summed E-state index contributed by atoms with van der Waals surface area (Å²) in [7, 11) is -3.57. The third-order valence-corrected chi connectivity index (χ3v) is 6.54. The Morgan fingerprint density at radius 3 is 2.59 bits per heavy atom. The van der Waals surface area contributed by atoms with Gasteiger partial charge in [0.25, 0.3) is 0 Å². The maximum atomic E-state index is 11.8. The molecule has 0 radical (unpaired) electrons. The van der Waals surface area contributed by atoms with Crippen LogP contribution in [0, 0.1) is 0 Å². The summed E-state index contributed by atoms with van der Waals surface area (Å²) in [5, 5.41) is 5.80. The van der Waals surface area contributed by atoms with Crippen LogP contribution in [-0.2, 0) is 23.0 Å². The SMILES string of the molecule is CCCCc1nc2c(N)nc3ccccc3c2n1CCC(CC)S(N)(=O)=O. The number of aromatic nitrogens is 3. The van der Waals surface area contributed by atoms with Gasteiger partial charge in [-0.05, 0) is 25.3 Å². The molecule has 0 bridgehead atoms. The third-order valence-electron chi connectivity index (χ3n) is 5.04. The second-order valence-corrected chi connectivity index (χ2v) is 8.75. The minimum absolute atomic E-state index is 0.402. The summed E-state index contributed by atoms with van der Waals surface area (Å²) in [6, 6.07) is 7.81. The zero-order chi connectivity index (χ0) is 19.6. The molecule has 0 spiro atoms. The highest BCUT2D eigenvalue weighted by Gasteiger charge is 2.22. The molecule has 1 atom stereocenters. The van der Waals surface area contributed by atoms with E-state index in [1.165, 1.54) is 0 Å². The quantitative estimate of drug-likeness (QED) is 0.614. The number of nitrogens with two attached hydrogens (primary N) is 2. The van der Waals surface area contributed by atoms with Gasteiger partial charge in [0, 0.05) is 18.4 Å². The van der Waals surface area contributed by atoms with Gasteiger partial charge < -0.3 is 10.3 Å². The van der Waals surface area contributed by atoms with E-state index in [-0.39, 0.29) is 0 Å². The average Bonchev–Trinajstić information content (AvgIpc) is 2.99. The second-order valence-electron chi connectivity index (χ2n) is 6.90. The number of pyridine rings is 1. The molecule has 146 valence electrons. The van der Waals surface area contributed by atoms with Crippen molar-refractivity contribution in [3.05, 3.63) is 30.1 Å². The van der Waals surface area contributed by atoms with E-state index in [0.717, 1.165) is 41.5 Å². The van der Waals surface area contributed by atoms with Crippen LogP contribution in [0.1, 0.15) is 45.4 Å². The van der Waals surface area contributed by atoms with Crippen LogP contribution in [0.25, 0.3) is 21.9 Å². The van der Waals surface area contributed by atoms with Crippen LogP contribution in [0.2, 0.25) is 0 Å². The van der Waals surface area contributed by atoms with E-state index in [9.17, 15) is 8.42 Å². The second kappa shape index (κ2) is 7.82. The molecule has 0 saturated heterocycles. The largest absolute Gasteiger partial charge is 0.382 e. The maximum absolute atomic E-state index is 11.8. The maximum Gasteiger partial charge on any atom is 0.212 e. The Morgan fingerprint density at radius 2 is 1.93 bits per heavy atom. The summed E-state index contributed by atoms with van der Waals surface area (Å²) in [5.74, 6) is 1.32. The molecule has 3 rings (SSSR count). The van der Waals surface area contributed by atoms with Crippen molar-refractivity contribution in [2.24, 2.45) is 5.14 Å². The number of hydrogen-bond donors (Lipinski definition) is 2. The van der Waals surface area contributed by atoms with Crippen LogP contribution in [0.5, 0.6) is 0 Å². The van der Waals surface area contributed by atoms with Crippen LogP contribution in [0.4, 0.5) is 5.82 Å². The van der Waals surface area contributed by atoms with E-state index in [1.54, 1.807) is 0 Å². The summed E-state index contributed by atoms with van der Waals surface area (Å²) in [4.78, 5) is 9.24. The first-order chi connectivity index (χ1) is 12.9. The minimum Gasteiger partial charge on any atom is -0.382 e. The number of unbranched alkanes of at least 4 members (excludes halogenated alkanes) is 1. The normalized spacial score (nSPS) is 13.4. The van der Waals surface area contributed by atoms with E-state index < -0.39 is 15.3 Å². The Balaban J connectivity index is 2.15. The van der Waals surface area contributed by atoms with Crippen molar-refractivity contribution in [2.45, 2.75) is 57.7 Å². The molecule has 0 saturated carbocycles. The number of primary sulfonamides is 1. The minimum atomic E-state index is -3.57. The number of fused-ring (bicyclic) bond motifs is 3. The Morgan fingerprint density at radius 1 is 1.19 bits per heavy atom. The molecular formula is C19H27N5O2S. The van der Waals surface area contributed by atoms with Gasteiger partial charge >= 0.3 is 0 Å². The van der Waals surface area contributed by atoms with Crippen molar-refractivity contribution >= 4 is 37.8 Å². The van der Waals surface area contributed by atoms with Gasteiger partial charge in [-0.15, -0.1) is 0 Å². The number of para-hydroxylation sites is 1. The zero-order valence-electron chi connectivity index (χ0n) is 15.9. The van der Waals surface area contributed by atoms with Crippen LogP contribution < -0.4 is 10.9 Å². The molecule has 7 nitrogen and oxygen atoms in total. The predicted molar refractivity (Wildman–Crippen MR) is 110 cm³/mol. The highest BCUT2D eigenvalue weighted by atomic mass is 32.2. The topological polar surface area (TPSA) is 117 Å². The number of benzene rings is 1. The lowest BCUT2D eigenvalue weighted by Gasteiger charge is -2.15. The van der Waals surface area contributed by atoms with Crippen molar-refractivity contribution in [3.63, 3.8) is 0 Å². The molecule has 2 heterocycles. The fraction of sp³-hybridized carbons (Fsp3) is 0.474. The smallest absolute Gasteiger partial charge is 0.212 e. The Kier molecular flexibility index (Phi) is 5.67. The molecule has 0 aliphatic carbocycles. The van der Waals surface area contributed by atoms with Gasteiger partial charge in [0.15, 0.2) is 5.82 Å². The van der Waals surface area contributed by atoms with Gasteiger partial charge in [-0.1, -0.05) is 38.5 Å². The Labute approximate surface area is 159 Å². The van der Waals surface area contributed by atoms with E-state index >= 15 is 0 Å². The molecule has 27 heavy (non-hydrogen) atoms. The molecule has 2 aromatic heterocycles. The highest BCUT2D eigenvalue weighted by molar-refractivity contribution is 7.89. The molecule has 4 N–H and O–H groups in total. The van der Waals surface area contributed by atoms with Crippen LogP contribution in [-0.4, -0.2) is 28.2 Å². The summed E-state index contributed by atoms with van der Waals surface area (Å²) >= 11 is 0. The number of hydrogen-bond acceptors (Lipinski definition) is 5. The van der Waals surface area contributed by atoms with Gasteiger partial charge in [-0.2, -0.15) is 0 Å². The summed E-state index contributed by atoms with van der Waals surface area (Å²) in [6.45, 7) is 4.50. The number of imidazole rings is 1. The third kappa shape index (κ3) is 3.91. The lowest BCUT2D eigenvalue weighted by atomic mass is 10.1. The number of rotatable bonds is 8. The van der Waals surface area contributed by atoms with Gasteiger partial charge in [0.2, 0.25) is 10.0 Å². The van der Waals surface area contributed by atoms with Crippen molar-refractivity contribution in [1.29, 1.82) is 0 Å². The fourth-order valence-electron chi connectivity index (χ4n) is 3.55. The molecule has 3 aromatic rings. The first-order valence-electron chi connectivity index (χ1n) is 9.41. The molecule has 0 aliphatic heterocycles. The van der Waals surface area contributed by atoms with Crippen molar-refractivity contribution in [3.8, 4) is 0 Å². The number of anilines is 1. The molecule has 0 fully saturated rings. The zero-order valence-corrected chi connectivity index (χ0v) is 16.7. The first-order valence-corrected chi connectivity index (χ1v) is 11.0. The predicted octanol–water partition coefficient (Wildman–Crippen LogP) is 2.97. The van der Waals surface area contributed by atoms with Crippen molar-refractivity contribution in [1.82, 2.24) is 14.5 Å². The molecule has 1 unspecified atom stereocenters. The van der Waals surface area contributed by atoms with Crippen LogP contribution >= 0.6 is 0 Å². The van der Waals surface area contributed by atoms with Crippen LogP contribution in [0.3, 0.4) is 0 Å². The molecular weight excluding hydrogens is 362 g/mol. The number of nitrogens with zero attached hydrogens (tertiary/aromatic N) is 3. The Bertz CT molecular complexity index is 1060. The number of sulfonamides is 1. The van der Waals surface area contributed by atoms with Crippen LogP contribution in [0.15, 0.2) is 24.3 Å². The summed E-state index contributed by atoms with van der Waals surface area (Å²) < 4.78 is 25.8. The summed E-state index contributed by atoms with van der Waals surface area (Å²) in [6.07, 6.45) is 3.79. The number of nitrogen functional groups attached to an aromatic ring is 1.